The number of aromatic nitrogens is 4. The van der Waals surface area contributed by atoms with Crippen molar-refractivity contribution in [2.24, 2.45) is 7.05 Å². The molecule has 1 amide bonds. The summed E-state index contributed by atoms with van der Waals surface area (Å²) in [6, 6.07) is 14.8. The van der Waals surface area contributed by atoms with Gasteiger partial charge >= 0.3 is 0 Å². The van der Waals surface area contributed by atoms with E-state index in [0.29, 0.717) is 27.7 Å². The number of para-hydroxylation sites is 1. The van der Waals surface area contributed by atoms with Crippen molar-refractivity contribution in [3.05, 3.63) is 70.0 Å². The second-order valence-corrected chi connectivity index (χ2v) is 6.87. The number of nitrogens with one attached hydrogen (secondary N) is 1. The van der Waals surface area contributed by atoms with E-state index >= 15 is 0 Å². The van der Waals surface area contributed by atoms with Gasteiger partial charge in [0.15, 0.2) is 0 Å². The Balaban J connectivity index is 1.70. The Hall–Kier alpha value is -2.83. The zero-order chi connectivity index (χ0) is 19.1. The SMILES string of the molecule is Cc1nn(-c2ccccc2)c(Cl)c1C(=O)Nc1nc2cc(Cl)ccc2n1C. The maximum absolute atomic E-state index is 12.9. The molecule has 0 atom stereocenters. The zero-order valence-electron chi connectivity index (χ0n) is 14.6. The van der Waals surface area contributed by atoms with Crippen molar-refractivity contribution in [3.63, 3.8) is 0 Å². The normalized spacial score (nSPS) is 11.1. The Morgan fingerprint density at radius 2 is 1.85 bits per heavy atom. The van der Waals surface area contributed by atoms with Gasteiger partial charge in [-0.25, -0.2) is 9.67 Å². The van der Waals surface area contributed by atoms with E-state index in [9.17, 15) is 4.79 Å². The molecule has 6 nitrogen and oxygen atoms in total. The highest BCUT2D eigenvalue weighted by Crippen LogP contribution is 2.26. The van der Waals surface area contributed by atoms with E-state index in [2.05, 4.69) is 15.4 Å². The van der Waals surface area contributed by atoms with Gasteiger partial charge in [0.1, 0.15) is 10.7 Å². The number of fused-ring (bicyclic) bond motifs is 1. The molecule has 0 unspecified atom stereocenters. The number of nitrogens with zero attached hydrogens (tertiary/aromatic N) is 4. The van der Waals surface area contributed by atoms with Gasteiger partial charge in [0, 0.05) is 12.1 Å². The van der Waals surface area contributed by atoms with Crippen LogP contribution in [0.15, 0.2) is 48.5 Å². The minimum atomic E-state index is -0.371. The number of imidazole rings is 1. The van der Waals surface area contributed by atoms with E-state index < -0.39 is 0 Å². The predicted octanol–water partition coefficient (Wildman–Crippen LogP) is 4.63. The van der Waals surface area contributed by atoms with Gasteiger partial charge < -0.3 is 4.57 Å². The van der Waals surface area contributed by atoms with Crippen LogP contribution in [-0.4, -0.2) is 25.2 Å². The monoisotopic (exact) mass is 399 g/mol. The first kappa shape index (κ1) is 17.6. The highest BCUT2D eigenvalue weighted by Gasteiger charge is 2.22. The van der Waals surface area contributed by atoms with Gasteiger partial charge in [-0.3, -0.25) is 10.1 Å². The molecule has 0 aliphatic heterocycles. The summed E-state index contributed by atoms with van der Waals surface area (Å²) < 4.78 is 3.33. The van der Waals surface area contributed by atoms with Crippen molar-refractivity contribution in [1.29, 1.82) is 0 Å². The molecule has 136 valence electrons. The number of rotatable bonds is 3. The Labute approximate surface area is 165 Å². The van der Waals surface area contributed by atoms with Crippen molar-refractivity contribution in [3.8, 4) is 5.69 Å². The fraction of sp³-hybridized carbons (Fsp3) is 0.105. The van der Waals surface area contributed by atoms with E-state index in [-0.39, 0.29) is 11.1 Å². The molecule has 2 heterocycles. The number of anilines is 1. The summed E-state index contributed by atoms with van der Waals surface area (Å²) in [6.07, 6.45) is 0. The van der Waals surface area contributed by atoms with Crippen LogP contribution in [0.25, 0.3) is 16.7 Å². The van der Waals surface area contributed by atoms with E-state index in [4.69, 9.17) is 23.2 Å². The molecular weight excluding hydrogens is 385 g/mol. The maximum atomic E-state index is 12.9. The number of aryl methyl sites for hydroxylation is 2. The number of hydrogen-bond acceptors (Lipinski definition) is 3. The fourth-order valence-corrected chi connectivity index (χ4v) is 3.47. The summed E-state index contributed by atoms with van der Waals surface area (Å²) >= 11 is 12.5. The number of hydrogen-bond donors (Lipinski definition) is 1. The van der Waals surface area contributed by atoms with Crippen LogP contribution in [0, 0.1) is 6.92 Å². The minimum absolute atomic E-state index is 0.248. The summed E-state index contributed by atoms with van der Waals surface area (Å²) in [6.45, 7) is 1.74. The smallest absolute Gasteiger partial charge is 0.263 e. The number of halogens is 2. The number of carbonyl (C=O) groups is 1. The Morgan fingerprint density at radius 3 is 2.59 bits per heavy atom. The van der Waals surface area contributed by atoms with Crippen molar-refractivity contribution in [2.75, 3.05) is 5.32 Å². The highest BCUT2D eigenvalue weighted by molar-refractivity contribution is 6.34. The van der Waals surface area contributed by atoms with Crippen LogP contribution >= 0.6 is 23.2 Å². The van der Waals surface area contributed by atoms with E-state index in [0.717, 1.165) is 11.2 Å². The average molecular weight is 400 g/mol. The molecule has 27 heavy (non-hydrogen) atoms. The molecule has 2 aromatic carbocycles. The molecule has 0 saturated heterocycles. The molecule has 4 rings (SSSR count). The quantitative estimate of drug-likeness (QED) is 0.546. The van der Waals surface area contributed by atoms with Gasteiger partial charge in [0.05, 0.1) is 22.4 Å². The van der Waals surface area contributed by atoms with Crippen molar-refractivity contribution < 1.29 is 4.79 Å². The number of amides is 1. The second kappa shape index (κ2) is 6.72. The van der Waals surface area contributed by atoms with Crippen molar-refractivity contribution >= 4 is 46.1 Å². The summed E-state index contributed by atoms with van der Waals surface area (Å²) in [5, 5.41) is 8.05. The van der Waals surface area contributed by atoms with E-state index in [1.807, 2.05) is 43.4 Å². The predicted molar refractivity (Wildman–Crippen MR) is 107 cm³/mol. The lowest BCUT2D eigenvalue weighted by molar-refractivity contribution is 0.102. The van der Waals surface area contributed by atoms with Crippen LogP contribution in [0.5, 0.6) is 0 Å². The topological polar surface area (TPSA) is 64.7 Å². The lowest BCUT2D eigenvalue weighted by atomic mass is 10.2. The lowest BCUT2D eigenvalue weighted by Gasteiger charge is -2.06. The van der Waals surface area contributed by atoms with Gasteiger partial charge in [0.25, 0.3) is 5.91 Å². The summed E-state index contributed by atoms with van der Waals surface area (Å²) in [4.78, 5) is 17.3. The van der Waals surface area contributed by atoms with Crippen LogP contribution in [0.4, 0.5) is 5.95 Å². The van der Waals surface area contributed by atoms with Crippen LogP contribution < -0.4 is 5.32 Å². The van der Waals surface area contributed by atoms with Crippen LogP contribution in [0.1, 0.15) is 16.1 Å². The Kier molecular flexibility index (Phi) is 4.37. The molecule has 8 heteroatoms. The average Bonchev–Trinajstić information content (AvgIpc) is 3.11. The first-order valence-electron chi connectivity index (χ1n) is 8.19. The molecule has 0 spiro atoms. The molecular formula is C19H15Cl2N5O. The molecule has 0 saturated carbocycles. The van der Waals surface area contributed by atoms with Crippen molar-refractivity contribution in [2.45, 2.75) is 6.92 Å². The van der Waals surface area contributed by atoms with Gasteiger partial charge in [-0.05, 0) is 37.3 Å². The number of carbonyl (C=O) groups excluding carboxylic acids is 1. The molecule has 0 bridgehead atoms. The van der Waals surface area contributed by atoms with Gasteiger partial charge in [0.2, 0.25) is 5.95 Å². The molecule has 0 aliphatic carbocycles. The third-order valence-electron chi connectivity index (χ3n) is 4.30. The standard InChI is InChI=1S/C19H15Cl2N5O/c1-11-16(17(21)26(24-11)13-6-4-3-5-7-13)18(27)23-19-22-14-10-12(20)8-9-15(14)25(19)2/h3-10H,1-2H3,(H,22,23,27). The van der Waals surface area contributed by atoms with E-state index in [1.165, 1.54) is 0 Å². The van der Waals surface area contributed by atoms with Crippen LogP contribution in [-0.2, 0) is 7.05 Å². The van der Waals surface area contributed by atoms with Crippen molar-refractivity contribution in [1.82, 2.24) is 19.3 Å². The molecule has 0 fully saturated rings. The Bertz CT molecular complexity index is 1160. The third-order valence-corrected chi connectivity index (χ3v) is 4.88. The highest BCUT2D eigenvalue weighted by atomic mass is 35.5. The summed E-state index contributed by atoms with van der Waals surface area (Å²) in [5.74, 6) is 0.0318. The number of benzene rings is 2. The van der Waals surface area contributed by atoms with E-state index in [1.54, 1.807) is 28.3 Å². The zero-order valence-corrected chi connectivity index (χ0v) is 16.1. The Morgan fingerprint density at radius 1 is 1.11 bits per heavy atom. The minimum Gasteiger partial charge on any atom is -0.313 e. The molecule has 4 aromatic rings. The lowest BCUT2D eigenvalue weighted by Crippen LogP contribution is -2.16. The first-order valence-corrected chi connectivity index (χ1v) is 8.95. The fourth-order valence-electron chi connectivity index (χ4n) is 2.95. The largest absolute Gasteiger partial charge is 0.313 e. The summed E-state index contributed by atoms with van der Waals surface area (Å²) in [7, 11) is 1.82. The molecule has 0 radical (unpaired) electrons. The third kappa shape index (κ3) is 3.07. The molecule has 1 N–H and O–H groups in total. The summed E-state index contributed by atoms with van der Waals surface area (Å²) in [5.41, 5.74) is 3.18. The second-order valence-electron chi connectivity index (χ2n) is 6.08. The van der Waals surface area contributed by atoms with Gasteiger partial charge in [-0.2, -0.15) is 5.10 Å². The van der Waals surface area contributed by atoms with Gasteiger partial charge in [-0.15, -0.1) is 0 Å². The molecule has 2 aromatic heterocycles. The maximum Gasteiger partial charge on any atom is 0.263 e. The molecule has 0 aliphatic rings. The first-order chi connectivity index (χ1) is 13.0. The van der Waals surface area contributed by atoms with Gasteiger partial charge in [-0.1, -0.05) is 41.4 Å². The van der Waals surface area contributed by atoms with Crippen LogP contribution in [0.2, 0.25) is 10.2 Å². The van der Waals surface area contributed by atoms with Crippen LogP contribution in [0.3, 0.4) is 0 Å².